The lowest BCUT2D eigenvalue weighted by Crippen LogP contribution is -1.85. The highest BCUT2D eigenvalue weighted by atomic mass is 14.0. The molecule has 0 nitrogen and oxygen atoms in total. The van der Waals surface area contributed by atoms with Crippen LogP contribution < -0.4 is 0 Å². The van der Waals surface area contributed by atoms with E-state index in [1.54, 1.807) is 0 Å². The summed E-state index contributed by atoms with van der Waals surface area (Å²) in [6.45, 7) is 4.60. The van der Waals surface area contributed by atoms with Crippen molar-refractivity contribution >= 4 is 0 Å². The third-order valence-electron chi connectivity index (χ3n) is 6.02. The van der Waals surface area contributed by atoms with Crippen molar-refractivity contribution in [1.29, 1.82) is 0 Å². The van der Waals surface area contributed by atoms with E-state index in [-0.39, 0.29) is 0 Å². The van der Waals surface area contributed by atoms with Crippen molar-refractivity contribution in [2.45, 2.75) is 168 Å². The predicted molar refractivity (Wildman–Crippen MR) is 126 cm³/mol. The highest BCUT2D eigenvalue weighted by Crippen LogP contribution is 2.15. The van der Waals surface area contributed by atoms with Gasteiger partial charge in [0, 0.05) is 0 Å². The van der Waals surface area contributed by atoms with Crippen LogP contribution in [-0.2, 0) is 0 Å². The minimum atomic E-state index is 1.36. The topological polar surface area (TPSA) is 0 Å². The van der Waals surface area contributed by atoms with Gasteiger partial charge in [-0.05, 0) is 6.42 Å². The van der Waals surface area contributed by atoms with Gasteiger partial charge >= 0.3 is 0 Å². The average molecular weight is 380 g/mol. The second-order valence-corrected chi connectivity index (χ2v) is 8.94. The minimum absolute atomic E-state index is 1.36. The van der Waals surface area contributed by atoms with Crippen molar-refractivity contribution in [2.24, 2.45) is 0 Å². The fraction of sp³-hybridized carbons (Fsp3) is 0.963. The Morgan fingerprint density at radius 1 is 0.296 bits per heavy atom. The number of rotatable bonds is 24. The third-order valence-corrected chi connectivity index (χ3v) is 6.02. The standard InChI is InChI=1S/C27H55/c1-3-5-7-9-11-13-15-17-19-21-23-25-27-26-24-22-20-18-16-14-12-10-8-6-4-2/h15H,3-14,16-27H2,1-2H3. The summed E-state index contributed by atoms with van der Waals surface area (Å²) in [7, 11) is 0. The van der Waals surface area contributed by atoms with Crippen LogP contribution in [0.3, 0.4) is 0 Å². The molecule has 0 bridgehead atoms. The zero-order valence-corrected chi connectivity index (χ0v) is 19.5. The van der Waals surface area contributed by atoms with Gasteiger partial charge in [0.05, 0.1) is 0 Å². The highest BCUT2D eigenvalue weighted by molar-refractivity contribution is 4.64. The molecule has 0 amide bonds. The van der Waals surface area contributed by atoms with Crippen molar-refractivity contribution in [3.05, 3.63) is 6.42 Å². The van der Waals surface area contributed by atoms with Crippen LogP contribution in [0.15, 0.2) is 0 Å². The molecule has 0 saturated heterocycles. The van der Waals surface area contributed by atoms with E-state index in [2.05, 4.69) is 20.3 Å². The quantitative estimate of drug-likeness (QED) is 0.146. The fourth-order valence-corrected chi connectivity index (χ4v) is 4.05. The molecule has 0 fully saturated rings. The molecular formula is C27H55. The molecule has 0 aliphatic rings. The average Bonchev–Trinajstić information content (AvgIpc) is 2.68. The Morgan fingerprint density at radius 2 is 0.519 bits per heavy atom. The largest absolute Gasteiger partial charge is 0.0654 e. The van der Waals surface area contributed by atoms with E-state index in [0.717, 1.165) is 0 Å². The molecule has 0 rings (SSSR count). The van der Waals surface area contributed by atoms with Crippen molar-refractivity contribution in [3.63, 3.8) is 0 Å². The number of hydrogen-bond donors (Lipinski definition) is 0. The van der Waals surface area contributed by atoms with Crippen LogP contribution >= 0.6 is 0 Å². The maximum absolute atomic E-state index is 2.55. The summed E-state index contributed by atoms with van der Waals surface area (Å²) >= 11 is 0. The first kappa shape index (κ1) is 27.0. The molecule has 0 aromatic rings. The van der Waals surface area contributed by atoms with E-state index in [1.807, 2.05) is 0 Å². The van der Waals surface area contributed by atoms with Crippen LogP contribution in [-0.4, -0.2) is 0 Å². The molecule has 0 heteroatoms. The van der Waals surface area contributed by atoms with Gasteiger partial charge in [0.1, 0.15) is 0 Å². The molecule has 0 unspecified atom stereocenters. The van der Waals surface area contributed by atoms with Crippen molar-refractivity contribution in [2.75, 3.05) is 0 Å². The van der Waals surface area contributed by atoms with Gasteiger partial charge in [-0.3, -0.25) is 0 Å². The van der Waals surface area contributed by atoms with Crippen LogP contribution in [0, 0.1) is 6.42 Å². The second-order valence-electron chi connectivity index (χ2n) is 8.94. The van der Waals surface area contributed by atoms with E-state index < -0.39 is 0 Å². The van der Waals surface area contributed by atoms with Gasteiger partial charge in [0.25, 0.3) is 0 Å². The zero-order valence-electron chi connectivity index (χ0n) is 19.5. The van der Waals surface area contributed by atoms with Crippen LogP contribution in [0.5, 0.6) is 0 Å². The van der Waals surface area contributed by atoms with Gasteiger partial charge in [0.2, 0.25) is 0 Å². The first-order valence-corrected chi connectivity index (χ1v) is 13.2. The number of hydrogen-bond acceptors (Lipinski definition) is 0. The van der Waals surface area contributed by atoms with Crippen molar-refractivity contribution in [1.82, 2.24) is 0 Å². The van der Waals surface area contributed by atoms with Crippen molar-refractivity contribution < 1.29 is 0 Å². The molecule has 0 spiro atoms. The molecule has 0 aromatic heterocycles. The molecule has 27 heavy (non-hydrogen) atoms. The molecule has 163 valence electrons. The Balaban J connectivity index is 2.95. The molecule has 0 N–H and O–H groups in total. The lowest BCUT2D eigenvalue weighted by atomic mass is 10.0. The zero-order chi connectivity index (χ0) is 19.7. The molecule has 0 aromatic carbocycles. The van der Waals surface area contributed by atoms with Gasteiger partial charge in [-0.15, -0.1) is 0 Å². The van der Waals surface area contributed by atoms with Gasteiger partial charge in [-0.2, -0.15) is 0 Å². The third kappa shape index (κ3) is 26.0. The summed E-state index contributed by atoms with van der Waals surface area (Å²) in [5, 5.41) is 0. The first-order chi connectivity index (χ1) is 13.4. The Morgan fingerprint density at radius 3 is 0.778 bits per heavy atom. The summed E-state index contributed by atoms with van der Waals surface area (Å²) in [6.07, 6.45) is 37.4. The van der Waals surface area contributed by atoms with Gasteiger partial charge < -0.3 is 0 Å². The van der Waals surface area contributed by atoms with E-state index in [9.17, 15) is 0 Å². The van der Waals surface area contributed by atoms with Gasteiger partial charge in [-0.1, -0.05) is 168 Å². The van der Waals surface area contributed by atoms with Crippen molar-refractivity contribution in [3.8, 4) is 0 Å². The molecule has 0 atom stereocenters. The second kappa shape index (κ2) is 26.0. The Kier molecular flexibility index (Phi) is 26.0. The van der Waals surface area contributed by atoms with Crippen LogP contribution in [0.2, 0.25) is 0 Å². The van der Waals surface area contributed by atoms with E-state index >= 15 is 0 Å². The summed E-state index contributed by atoms with van der Waals surface area (Å²) in [5.74, 6) is 0. The lowest BCUT2D eigenvalue weighted by Gasteiger charge is -2.04. The first-order valence-electron chi connectivity index (χ1n) is 13.2. The summed E-state index contributed by atoms with van der Waals surface area (Å²) in [5.41, 5.74) is 0. The molecule has 0 heterocycles. The van der Waals surface area contributed by atoms with E-state index in [1.165, 1.54) is 154 Å². The molecular weight excluding hydrogens is 324 g/mol. The SMILES string of the molecule is CCCCCCC[CH]CCCCCCCCCCCCCCCCCCC. The highest BCUT2D eigenvalue weighted by Gasteiger charge is 1.96. The molecule has 0 saturated carbocycles. The van der Waals surface area contributed by atoms with Crippen LogP contribution in [0.25, 0.3) is 0 Å². The van der Waals surface area contributed by atoms with E-state index in [4.69, 9.17) is 0 Å². The number of unbranched alkanes of at least 4 members (excludes halogenated alkanes) is 24. The molecule has 0 aliphatic carbocycles. The Labute approximate surface area is 174 Å². The maximum atomic E-state index is 2.55. The van der Waals surface area contributed by atoms with E-state index in [0.29, 0.717) is 0 Å². The summed E-state index contributed by atoms with van der Waals surface area (Å²) in [6, 6.07) is 0. The summed E-state index contributed by atoms with van der Waals surface area (Å²) < 4.78 is 0. The van der Waals surface area contributed by atoms with Gasteiger partial charge in [0.15, 0.2) is 0 Å². The summed E-state index contributed by atoms with van der Waals surface area (Å²) in [4.78, 5) is 0. The predicted octanol–water partition coefficient (Wildman–Crippen LogP) is 10.6. The minimum Gasteiger partial charge on any atom is -0.0654 e. The lowest BCUT2D eigenvalue weighted by molar-refractivity contribution is 0.526. The smallest absolute Gasteiger partial charge is 0.0386 e. The normalized spacial score (nSPS) is 11.3. The fourth-order valence-electron chi connectivity index (χ4n) is 4.05. The molecule has 0 aliphatic heterocycles. The Hall–Kier alpha value is 0. The maximum Gasteiger partial charge on any atom is -0.0386 e. The molecule has 1 radical (unpaired) electrons. The van der Waals surface area contributed by atoms with Gasteiger partial charge in [-0.25, -0.2) is 0 Å². The van der Waals surface area contributed by atoms with Crippen LogP contribution in [0.1, 0.15) is 168 Å². The Bertz CT molecular complexity index is 208. The van der Waals surface area contributed by atoms with Crippen LogP contribution in [0.4, 0.5) is 0 Å². The monoisotopic (exact) mass is 379 g/mol.